The fraction of sp³-hybridized carbons (Fsp3) is 0.348. The fourth-order valence-electron chi connectivity index (χ4n) is 3.78. The van der Waals surface area contributed by atoms with E-state index in [0.29, 0.717) is 5.69 Å². The zero-order chi connectivity index (χ0) is 24.2. The van der Waals surface area contributed by atoms with Gasteiger partial charge in [-0.25, -0.2) is 4.79 Å². The predicted octanol–water partition coefficient (Wildman–Crippen LogP) is 3.61. The Morgan fingerprint density at radius 3 is 2.58 bits per heavy atom. The van der Waals surface area contributed by atoms with Gasteiger partial charge in [-0.15, -0.1) is 0 Å². The van der Waals surface area contributed by atoms with Gasteiger partial charge in [0, 0.05) is 31.5 Å². The van der Waals surface area contributed by atoms with Crippen LogP contribution < -0.4 is 15.5 Å². The number of anilines is 2. The number of aryl methyl sites for hydroxylation is 1. The van der Waals surface area contributed by atoms with Crippen molar-refractivity contribution in [3.63, 3.8) is 0 Å². The topological polar surface area (TPSA) is 88.5 Å². The minimum atomic E-state index is -4.71. The average Bonchev–Trinajstić information content (AvgIpc) is 2.82. The number of hydrogen-bond acceptors (Lipinski definition) is 4. The molecule has 2 aromatic carbocycles. The van der Waals surface area contributed by atoms with Crippen molar-refractivity contribution in [1.29, 1.82) is 5.26 Å². The SMILES string of the molecule is CCc1cccc(NC(=O)N2CCN(c3ccc(C#N)c(C(F)(F)F)c3)C(C(=O)NC)C2)c1. The molecule has 0 bridgehead atoms. The fourth-order valence-corrected chi connectivity index (χ4v) is 3.78. The second kappa shape index (κ2) is 9.81. The number of nitrogens with one attached hydrogen (secondary N) is 2. The molecule has 2 N–H and O–H groups in total. The normalized spacial score (nSPS) is 16.2. The van der Waals surface area contributed by atoms with Crippen molar-refractivity contribution in [2.45, 2.75) is 25.6 Å². The summed E-state index contributed by atoms with van der Waals surface area (Å²) in [4.78, 5) is 28.4. The largest absolute Gasteiger partial charge is 0.417 e. The van der Waals surface area contributed by atoms with Crippen molar-refractivity contribution in [1.82, 2.24) is 10.2 Å². The maximum atomic E-state index is 13.4. The third-order valence-corrected chi connectivity index (χ3v) is 5.56. The number of piperazine rings is 1. The maximum absolute atomic E-state index is 13.4. The van der Waals surface area contributed by atoms with Crippen molar-refractivity contribution in [2.24, 2.45) is 0 Å². The second-order valence-electron chi connectivity index (χ2n) is 7.59. The highest BCUT2D eigenvalue weighted by Crippen LogP contribution is 2.35. The van der Waals surface area contributed by atoms with Gasteiger partial charge in [-0.2, -0.15) is 18.4 Å². The molecular weight excluding hydrogens is 435 g/mol. The molecule has 1 aliphatic rings. The summed E-state index contributed by atoms with van der Waals surface area (Å²) >= 11 is 0. The number of nitrogens with zero attached hydrogens (tertiary/aromatic N) is 3. The Morgan fingerprint density at radius 1 is 1.18 bits per heavy atom. The van der Waals surface area contributed by atoms with Gasteiger partial charge in [0.05, 0.1) is 23.7 Å². The highest BCUT2D eigenvalue weighted by molar-refractivity contribution is 5.91. The van der Waals surface area contributed by atoms with Gasteiger partial charge < -0.3 is 20.4 Å². The lowest BCUT2D eigenvalue weighted by molar-refractivity contribution is -0.137. The lowest BCUT2D eigenvalue weighted by atomic mass is 10.0. The molecule has 7 nitrogen and oxygen atoms in total. The Hall–Kier alpha value is -3.74. The van der Waals surface area contributed by atoms with Crippen molar-refractivity contribution >= 4 is 23.3 Å². The van der Waals surface area contributed by atoms with Crippen molar-refractivity contribution in [3.05, 3.63) is 59.2 Å². The summed E-state index contributed by atoms with van der Waals surface area (Å²) in [6, 6.07) is 11.0. The van der Waals surface area contributed by atoms with Crippen LogP contribution in [0, 0.1) is 11.3 Å². The van der Waals surface area contributed by atoms with E-state index in [-0.39, 0.29) is 25.3 Å². The molecule has 1 heterocycles. The number of halogens is 3. The molecule has 33 heavy (non-hydrogen) atoms. The van der Waals surface area contributed by atoms with Gasteiger partial charge in [-0.05, 0) is 42.3 Å². The van der Waals surface area contributed by atoms with Crippen LogP contribution in [0.25, 0.3) is 0 Å². The van der Waals surface area contributed by atoms with Crippen LogP contribution in [0.5, 0.6) is 0 Å². The third-order valence-electron chi connectivity index (χ3n) is 5.56. The molecule has 174 valence electrons. The summed E-state index contributed by atoms with van der Waals surface area (Å²) in [7, 11) is 1.43. The van der Waals surface area contributed by atoms with Crippen molar-refractivity contribution in [2.75, 3.05) is 36.9 Å². The molecule has 2 aromatic rings. The van der Waals surface area contributed by atoms with E-state index in [0.717, 1.165) is 24.1 Å². The Bertz CT molecular complexity index is 1080. The van der Waals surface area contributed by atoms with Crippen LogP contribution in [-0.2, 0) is 17.4 Å². The minimum Gasteiger partial charge on any atom is -0.357 e. The van der Waals surface area contributed by atoms with Crippen LogP contribution in [-0.4, -0.2) is 49.6 Å². The van der Waals surface area contributed by atoms with E-state index in [4.69, 9.17) is 5.26 Å². The maximum Gasteiger partial charge on any atom is 0.417 e. The summed E-state index contributed by atoms with van der Waals surface area (Å²) in [6.07, 6.45) is -3.90. The number of nitriles is 1. The molecule has 3 amide bonds. The number of benzene rings is 2. The van der Waals surface area contributed by atoms with E-state index in [2.05, 4.69) is 10.6 Å². The number of amides is 3. The zero-order valence-electron chi connectivity index (χ0n) is 18.2. The monoisotopic (exact) mass is 459 g/mol. The molecule has 1 unspecified atom stereocenters. The van der Waals surface area contributed by atoms with Crippen LogP contribution in [0.15, 0.2) is 42.5 Å². The van der Waals surface area contributed by atoms with Gasteiger partial charge >= 0.3 is 12.2 Å². The molecule has 0 saturated carbocycles. The number of rotatable bonds is 4. The molecule has 1 atom stereocenters. The van der Waals surface area contributed by atoms with Gasteiger partial charge in [0.15, 0.2) is 0 Å². The minimum absolute atomic E-state index is 0.0136. The Labute approximate surface area is 189 Å². The predicted molar refractivity (Wildman–Crippen MR) is 118 cm³/mol. The summed E-state index contributed by atoms with van der Waals surface area (Å²) in [5.41, 5.74) is 0.289. The van der Waals surface area contributed by atoms with E-state index in [9.17, 15) is 22.8 Å². The van der Waals surface area contributed by atoms with E-state index in [1.165, 1.54) is 22.9 Å². The van der Waals surface area contributed by atoms with E-state index >= 15 is 0 Å². The summed E-state index contributed by atoms with van der Waals surface area (Å²) in [6.45, 7) is 2.33. The van der Waals surface area contributed by atoms with Crippen LogP contribution in [0.2, 0.25) is 0 Å². The summed E-state index contributed by atoms with van der Waals surface area (Å²) in [5.74, 6) is -0.432. The molecule has 1 saturated heterocycles. The first-order valence-corrected chi connectivity index (χ1v) is 10.4. The van der Waals surface area contributed by atoms with Gasteiger partial charge in [0.1, 0.15) is 6.04 Å². The third kappa shape index (κ3) is 5.37. The first-order chi connectivity index (χ1) is 15.7. The lowest BCUT2D eigenvalue weighted by Gasteiger charge is -2.41. The number of hydrogen-bond donors (Lipinski definition) is 2. The van der Waals surface area contributed by atoms with Crippen molar-refractivity contribution < 1.29 is 22.8 Å². The molecule has 1 fully saturated rings. The van der Waals surface area contributed by atoms with Gasteiger partial charge in [-0.1, -0.05) is 19.1 Å². The van der Waals surface area contributed by atoms with Crippen LogP contribution >= 0.6 is 0 Å². The van der Waals surface area contributed by atoms with Gasteiger partial charge in [0.2, 0.25) is 5.91 Å². The van der Waals surface area contributed by atoms with E-state index in [1.807, 2.05) is 25.1 Å². The Morgan fingerprint density at radius 2 is 1.94 bits per heavy atom. The standard InChI is InChI=1S/C23H24F3N5O2/c1-3-15-5-4-6-17(11-15)29-22(33)30-9-10-31(20(14-30)21(32)28-2)18-8-7-16(13-27)19(12-18)23(24,25)26/h4-8,11-12,20H,3,9-10,14H2,1-2H3,(H,28,32)(H,29,33). The van der Waals surface area contributed by atoms with Gasteiger partial charge in [-0.3, -0.25) is 4.79 Å². The highest BCUT2D eigenvalue weighted by atomic mass is 19.4. The molecule has 0 radical (unpaired) electrons. The highest BCUT2D eigenvalue weighted by Gasteiger charge is 2.37. The first kappa shape index (κ1) is 23.9. The lowest BCUT2D eigenvalue weighted by Crippen LogP contribution is -2.60. The van der Waals surface area contributed by atoms with Gasteiger partial charge in [0.25, 0.3) is 0 Å². The van der Waals surface area contributed by atoms with Crippen LogP contribution in [0.4, 0.5) is 29.3 Å². The number of likely N-dealkylation sites (N-methyl/N-ethyl adjacent to an activating group) is 1. The number of carbonyl (C=O) groups is 2. The molecule has 0 aromatic heterocycles. The smallest absolute Gasteiger partial charge is 0.357 e. The Balaban J connectivity index is 1.83. The summed E-state index contributed by atoms with van der Waals surface area (Å²) in [5, 5.41) is 14.4. The molecule has 1 aliphatic heterocycles. The number of urea groups is 1. The molecular formula is C23H24F3N5O2. The van der Waals surface area contributed by atoms with Crippen LogP contribution in [0.3, 0.4) is 0 Å². The molecule has 0 spiro atoms. The number of alkyl halides is 3. The molecule has 0 aliphatic carbocycles. The zero-order valence-corrected chi connectivity index (χ0v) is 18.2. The summed E-state index contributed by atoms with van der Waals surface area (Å²) < 4.78 is 40.3. The van der Waals surface area contributed by atoms with E-state index < -0.39 is 35.3 Å². The number of carbonyl (C=O) groups excluding carboxylic acids is 2. The molecule has 3 rings (SSSR count). The van der Waals surface area contributed by atoms with E-state index in [1.54, 1.807) is 12.1 Å². The quantitative estimate of drug-likeness (QED) is 0.731. The first-order valence-electron chi connectivity index (χ1n) is 10.4. The second-order valence-corrected chi connectivity index (χ2v) is 7.59. The van der Waals surface area contributed by atoms with Crippen molar-refractivity contribution in [3.8, 4) is 6.07 Å². The average molecular weight is 459 g/mol. The Kier molecular flexibility index (Phi) is 7.11. The van der Waals surface area contributed by atoms with Crippen LogP contribution in [0.1, 0.15) is 23.6 Å². The molecule has 10 heteroatoms.